The largest absolute Gasteiger partial charge is 0.481 e. The Bertz CT molecular complexity index is 356. The number of aliphatic hydroxyl groups is 1. The van der Waals surface area contributed by atoms with E-state index in [0.29, 0.717) is 10.8 Å². The lowest BCUT2D eigenvalue weighted by molar-refractivity contribution is -0.138. The molecule has 2 unspecified atom stereocenters. The fourth-order valence-electron chi connectivity index (χ4n) is 1.53. The van der Waals surface area contributed by atoms with E-state index in [2.05, 4.69) is 0 Å². The van der Waals surface area contributed by atoms with Crippen molar-refractivity contribution in [2.75, 3.05) is 0 Å². The monoisotopic (exact) mass is 262 g/mol. The summed E-state index contributed by atoms with van der Waals surface area (Å²) < 4.78 is 0.680. The van der Waals surface area contributed by atoms with Crippen LogP contribution in [-0.2, 0) is 4.79 Å². The van der Waals surface area contributed by atoms with E-state index in [1.54, 1.807) is 0 Å². The van der Waals surface area contributed by atoms with Gasteiger partial charge in [-0.1, -0.05) is 18.5 Å². The topological polar surface area (TPSA) is 57.5 Å². The fourth-order valence-corrected chi connectivity index (χ4v) is 2.74. The third-order valence-electron chi connectivity index (χ3n) is 2.35. The zero-order chi connectivity index (χ0) is 12.3. The molecule has 1 aromatic rings. The summed E-state index contributed by atoms with van der Waals surface area (Å²) in [6.45, 7) is 3.70. The first-order chi connectivity index (χ1) is 7.40. The van der Waals surface area contributed by atoms with Gasteiger partial charge in [-0.05, 0) is 30.9 Å². The van der Waals surface area contributed by atoms with E-state index in [9.17, 15) is 9.90 Å². The van der Waals surface area contributed by atoms with Crippen molar-refractivity contribution in [1.82, 2.24) is 0 Å². The van der Waals surface area contributed by atoms with Crippen molar-refractivity contribution in [2.45, 2.75) is 32.8 Å². The van der Waals surface area contributed by atoms with Gasteiger partial charge in [0.1, 0.15) is 0 Å². The van der Waals surface area contributed by atoms with Gasteiger partial charge in [-0.2, -0.15) is 0 Å². The SMILES string of the molecule is Cc1cc(C(O)CC(C)CC(=O)O)sc1Cl. The van der Waals surface area contributed by atoms with Gasteiger partial charge in [0.05, 0.1) is 10.4 Å². The Labute approximate surface area is 104 Å². The van der Waals surface area contributed by atoms with Gasteiger partial charge < -0.3 is 10.2 Å². The number of halogens is 1. The van der Waals surface area contributed by atoms with Gasteiger partial charge >= 0.3 is 5.97 Å². The van der Waals surface area contributed by atoms with Gasteiger partial charge in [0.15, 0.2) is 0 Å². The maximum Gasteiger partial charge on any atom is 0.303 e. The molecule has 0 aromatic carbocycles. The van der Waals surface area contributed by atoms with E-state index < -0.39 is 12.1 Å². The van der Waals surface area contributed by atoms with Crippen molar-refractivity contribution >= 4 is 28.9 Å². The number of carbonyl (C=O) groups is 1. The minimum atomic E-state index is -0.833. The summed E-state index contributed by atoms with van der Waals surface area (Å²) in [6, 6.07) is 1.85. The van der Waals surface area contributed by atoms with E-state index in [-0.39, 0.29) is 12.3 Å². The second-order valence-corrected chi connectivity index (χ2v) is 5.75. The predicted octanol–water partition coefficient (Wildman–Crippen LogP) is 3.24. The number of carboxylic acid groups (broad SMARTS) is 1. The molecule has 1 heterocycles. The molecule has 2 atom stereocenters. The molecule has 0 spiro atoms. The van der Waals surface area contributed by atoms with Crippen molar-refractivity contribution in [1.29, 1.82) is 0 Å². The van der Waals surface area contributed by atoms with Crippen molar-refractivity contribution in [3.8, 4) is 0 Å². The first-order valence-electron chi connectivity index (χ1n) is 5.05. The average molecular weight is 263 g/mol. The molecule has 90 valence electrons. The van der Waals surface area contributed by atoms with Gasteiger partial charge in [0, 0.05) is 11.3 Å². The molecule has 0 aliphatic carbocycles. The van der Waals surface area contributed by atoms with Crippen LogP contribution in [0.1, 0.15) is 36.3 Å². The van der Waals surface area contributed by atoms with E-state index in [1.807, 2.05) is 19.9 Å². The number of thiophene rings is 1. The molecule has 16 heavy (non-hydrogen) atoms. The summed E-state index contributed by atoms with van der Waals surface area (Å²) in [4.78, 5) is 11.3. The third kappa shape index (κ3) is 3.77. The Kier molecular flexibility index (Phi) is 4.77. The fraction of sp³-hybridized carbons (Fsp3) is 0.545. The molecule has 5 heteroatoms. The van der Waals surface area contributed by atoms with Crippen LogP contribution in [0.4, 0.5) is 0 Å². The molecule has 0 amide bonds. The molecule has 3 nitrogen and oxygen atoms in total. The van der Waals surface area contributed by atoms with Crippen LogP contribution < -0.4 is 0 Å². The molecule has 2 N–H and O–H groups in total. The Morgan fingerprint density at radius 1 is 1.62 bits per heavy atom. The van der Waals surface area contributed by atoms with Crippen LogP contribution in [0.5, 0.6) is 0 Å². The van der Waals surface area contributed by atoms with Crippen molar-refractivity contribution in [3.63, 3.8) is 0 Å². The number of aryl methyl sites for hydroxylation is 1. The molecule has 0 radical (unpaired) electrons. The molecule has 1 aromatic heterocycles. The number of rotatable bonds is 5. The van der Waals surface area contributed by atoms with Crippen LogP contribution in [0, 0.1) is 12.8 Å². The zero-order valence-electron chi connectivity index (χ0n) is 9.24. The van der Waals surface area contributed by atoms with Crippen molar-refractivity contribution in [3.05, 3.63) is 20.8 Å². The highest BCUT2D eigenvalue weighted by Gasteiger charge is 2.17. The number of aliphatic hydroxyl groups excluding tert-OH is 1. The maximum atomic E-state index is 10.5. The summed E-state index contributed by atoms with van der Waals surface area (Å²) in [5, 5.41) is 18.5. The third-order valence-corrected chi connectivity index (χ3v) is 4.01. The number of hydrogen-bond donors (Lipinski definition) is 2. The molecule has 0 saturated heterocycles. The molecule has 1 rings (SSSR count). The zero-order valence-corrected chi connectivity index (χ0v) is 10.8. The molecule has 0 saturated carbocycles. The highest BCUT2D eigenvalue weighted by Crippen LogP contribution is 2.33. The van der Waals surface area contributed by atoms with Crippen molar-refractivity contribution in [2.24, 2.45) is 5.92 Å². The van der Waals surface area contributed by atoms with Gasteiger partial charge in [0.25, 0.3) is 0 Å². The van der Waals surface area contributed by atoms with E-state index in [0.717, 1.165) is 10.4 Å². The standard InChI is InChI=1S/C11H15ClO3S/c1-6(4-10(14)15)3-8(13)9-5-7(2)11(12)16-9/h5-6,8,13H,3-4H2,1-2H3,(H,14,15). The van der Waals surface area contributed by atoms with Crippen LogP contribution in [0.3, 0.4) is 0 Å². The lowest BCUT2D eigenvalue weighted by Crippen LogP contribution is -2.08. The Morgan fingerprint density at radius 2 is 2.25 bits per heavy atom. The van der Waals surface area contributed by atoms with Crippen LogP contribution in [-0.4, -0.2) is 16.2 Å². The minimum Gasteiger partial charge on any atom is -0.481 e. The second-order valence-electron chi connectivity index (χ2n) is 4.06. The van der Waals surface area contributed by atoms with Gasteiger partial charge in [-0.3, -0.25) is 4.79 Å². The summed E-state index contributed by atoms with van der Waals surface area (Å²) in [7, 11) is 0. The summed E-state index contributed by atoms with van der Waals surface area (Å²) in [6.07, 6.45) is -0.0943. The second kappa shape index (κ2) is 5.66. The molecular formula is C11H15ClO3S. The Balaban J connectivity index is 2.58. The lowest BCUT2D eigenvalue weighted by Gasteiger charge is -2.13. The van der Waals surface area contributed by atoms with Crippen LogP contribution >= 0.6 is 22.9 Å². The summed E-state index contributed by atoms with van der Waals surface area (Å²) >= 11 is 7.26. The molecule has 0 bridgehead atoms. The van der Waals surface area contributed by atoms with Crippen molar-refractivity contribution < 1.29 is 15.0 Å². The minimum absolute atomic E-state index is 0.0475. The number of carboxylic acids is 1. The normalized spacial score (nSPS) is 14.8. The number of aliphatic carboxylic acids is 1. The van der Waals surface area contributed by atoms with E-state index in [4.69, 9.17) is 16.7 Å². The van der Waals surface area contributed by atoms with Crippen LogP contribution in [0.15, 0.2) is 6.07 Å². The smallest absolute Gasteiger partial charge is 0.303 e. The summed E-state index contributed by atoms with van der Waals surface area (Å²) in [5.74, 6) is -0.881. The highest BCUT2D eigenvalue weighted by molar-refractivity contribution is 7.16. The first kappa shape index (κ1) is 13.5. The first-order valence-corrected chi connectivity index (χ1v) is 6.25. The number of hydrogen-bond acceptors (Lipinski definition) is 3. The maximum absolute atomic E-state index is 10.5. The van der Waals surface area contributed by atoms with E-state index >= 15 is 0 Å². The lowest BCUT2D eigenvalue weighted by atomic mass is 9.99. The molecular weight excluding hydrogens is 248 g/mol. The van der Waals surface area contributed by atoms with Gasteiger partial charge in [0.2, 0.25) is 0 Å². The highest BCUT2D eigenvalue weighted by atomic mass is 35.5. The Morgan fingerprint density at radius 3 is 2.69 bits per heavy atom. The average Bonchev–Trinajstić information content (AvgIpc) is 2.45. The molecule has 0 fully saturated rings. The quantitative estimate of drug-likeness (QED) is 0.856. The van der Waals surface area contributed by atoms with Gasteiger partial charge in [-0.15, -0.1) is 11.3 Å². The predicted molar refractivity (Wildman–Crippen MR) is 65.1 cm³/mol. The Hall–Kier alpha value is -0.580. The van der Waals surface area contributed by atoms with Crippen LogP contribution in [0.25, 0.3) is 0 Å². The molecule has 0 aliphatic rings. The molecule has 0 aliphatic heterocycles. The summed E-state index contributed by atoms with van der Waals surface area (Å²) in [5.41, 5.74) is 0.951. The van der Waals surface area contributed by atoms with E-state index in [1.165, 1.54) is 11.3 Å². The van der Waals surface area contributed by atoms with Crippen LogP contribution in [0.2, 0.25) is 4.34 Å². The van der Waals surface area contributed by atoms with Gasteiger partial charge in [-0.25, -0.2) is 0 Å².